The third-order valence-corrected chi connectivity index (χ3v) is 3.35. The zero-order valence-electron chi connectivity index (χ0n) is 10.7. The van der Waals surface area contributed by atoms with Gasteiger partial charge in [0.25, 0.3) is 0 Å². The highest BCUT2D eigenvalue weighted by Crippen LogP contribution is 2.35. The molecule has 0 aromatic heterocycles. The Hall–Kier alpha value is -2.36. The van der Waals surface area contributed by atoms with E-state index in [0.29, 0.717) is 13.2 Å². The van der Waals surface area contributed by atoms with Crippen molar-refractivity contribution in [3.8, 4) is 23.0 Å². The molecule has 4 rings (SSSR count). The lowest BCUT2D eigenvalue weighted by molar-refractivity contribution is -0.0306. The first-order valence-electron chi connectivity index (χ1n) is 6.49. The van der Waals surface area contributed by atoms with Crippen LogP contribution in [0.15, 0.2) is 36.4 Å². The summed E-state index contributed by atoms with van der Waals surface area (Å²) in [5.74, 6) is 2.87. The molecule has 0 bridgehead atoms. The third kappa shape index (κ3) is 1.93. The molecule has 2 aliphatic rings. The molecule has 2 aromatic rings. The highest BCUT2D eigenvalue weighted by molar-refractivity contribution is 5.42. The molecular formula is C16H12O4. The van der Waals surface area contributed by atoms with Crippen LogP contribution in [0.3, 0.4) is 0 Å². The highest BCUT2D eigenvalue weighted by atomic mass is 16.6. The molecule has 0 fully saturated rings. The average Bonchev–Trinajstić information content (AvgIpc) is 2.54. The molecule has 2 radical (unpaired) electrons. The van der Waals surface area contributed by atoms with E-state index >= 15 is 0 Å². The molecule has 4 heteroatoms. The van der Waals surface area contributed by atoms with Crippen molar-refractivity contribution in [1.29, 1.82) is 0 Å². The summed E-state index contributed by atoms with van der Waals surface area (Å²) < 4.78 is 23.2. The molecule has 0 N–H and O–H groups in total. The fraction of sp³-hybridized carbons (Fsp3) is 0.250. The average molecular weight is 268 g/mol. The van der Waals surface area contributed by atoms with Gasteiger partial charge < -0.3 is 18.9 Å². The lowest BCUT2D eigenvalue weighted by Crippen LogP contribution is -2.47. The van der Waals surface area contributed by atoms with Crippen molar-refractivity contribution in [2.75, 3.05) is 13.2 Å². The zero-order valence-corrected chi connectivity index (χ0v) is 10.7. The van der Waals surface area contributed by atoms with E-state index in [2.05, 4.69) is 12.1 Å². The quantitative estimate of drug-likeness (QED) is 0.795. The maximum absolute atomic E-state index is 5.93. The highest BCUT2D eigenvalue weighted by Gasteiger charge is 2.34. The van der Waals surface area contributed by atoms with Gasteiger partial charge in [0.2, 0.25) is 0 Å². The first-order valence-corrected chi connectivity index (χ1v) is 6.49. The standard InChI is InChI=1S/C16H12O4/c1-3-7-13-11(5-1)17-9-15(19-13)16-10-18-12-6-2-4-8-14(12)20-16/h3-8,15-16H,9-10H2. The molecule has 20 heavy (non-hydrogen) atoms. The van der Waals surface area contributed by atoms with Crippen LogP contribution in [-0.2, 0) is 0 Å². The Labute approximate surface area is 116 Å². The first-order chi connectivity index (χ1) is 9.90. The lowest BCUT2D eigenvalue weighted by atomic mass is 10.1. The largest absolute Gasteiger partial charge is 0.486 e. The fourth-order valence-electron chi connectivity index (χ4n) is 2.33. The molecule has 0 amide bonds. The summed E-state index contributed by atoms with van der Waals surface area (Å²) in [5, 5.41) is 0. The van der Waals surface area contributed by atoms with Crippen molar-refractivity contribution in [2.24, 2.45) is 0 Å². The smallest absolute Gasteiger partial charge is 0.173 e. The van der Waals surface area contributed by atoms with Gasteiger partial charge in [-0.15, -0.1) is 0 Å². The summed E-state index contributed by atoms with van der Waals surface area (Å²) >= 11 is 0. The Kier molecular flexibility index (Phi) is 2.66. The van der Waals surface area contributed by atoms with Crippen LogP contribution in [0.25, 0.3) is 0 Å². The summed E-state index contributed by atoms with van der Waals surface area (Å²) in [7, 11) is 0. The molecule has 0 saturated heterocycles. The molecule has 0 spiro atoms. The Bertz CT molecular complexity index is 570. The number of ether oxygens (including phenoxy) is 4. The second-order valence-corrected chi connectivity index (χ2v) is 4.68. The van der Waals surface area contributed by atoms with Gasteiger partial charge in [-0.05, 0) is 36.4 Å². The van der Waals surface area contributed by atoms with Crippen LogP contribution in [0, 0.1) is 12.1 Å². The van der Waals surface area contributed by atoms with Crippen LogP contribution < -0.4 is 18.9 Å². The molecule has 2 aromatic carbocycles. The minimum Gasteiger partial charge on any atom is -0.486 e. The number of fused-ring (bicyclic) bond motifs is 2. The maximum atomic E-state index is 5.93. The SMILES string of the molecule is [c]1ccc2c(c1)OCC(C1COc3c[c]ccc3O1)O2. The number of hydrogen-bond donors (Lipinski definition) is 0. The fourth-order valence-corrected chi connectivity index (χ4v) is 2.33. The van der Waals surface area contributed by atoms with Gasteiger partial charge in [-0.2, -0.15) is 0 Å². The Balaban J connectivity index is 1.53. The second-order valence-electron chi connectivity index (χ2n) is 4.68. The van der Waals surface area contributed by atoms with Gasteiger partial charge in [-0.25, -0.2) is 0 Å². The number of rotatable bonds is 1. The van der Waals surface area contributed by atoms with E-state index in [4.69, 9.17) is 18.9 Å². The summed E-state index contributed by atoms with van der Waals surface area (Å²) in [6.07, 6.45) is -0.385. The van der Waals surface area contributed by atoms with Gasteiger partial charge in [-0.3, -0.25) is 0 Å². The van der Waals surface area contributed by atoms with Gasteiger partial charge in [-0.1, -0.05) is 12.1 Å². The van der Waals surface area contributed by atoms with Crippen LogP contribution in [0.4, 0.5) is 0 Å². The minimum absolute atomic E-state index is 0.192. The summed E-state index contributed by atoms with van der Waals surface area (Å²) in [5.41, 5.74) is 0. The molecular weight excluding hydrogens is 256 g/mol. The van der Waals surface area contributed by atoms with Gasteiger partial charge in [0, 0.05) is 0 Å². The topological polar surface area (TPSA) is 36.9 Å². The molecule has 2 atom stereocenters. The molecule has 2 aliphatic heterocycles. The molecule has 0 aliphatic carbocycles. The van der Waals surface area contributed by atoms with E-state index in [1.807, 2.05) is 12.1 Å². The Morgan fingerprint density at radius 3 is 1.75 bits per heavy atom. The van der Waals surface area contributed by atoms with Crippen LogP contribution in [0.5, 0.6) is 23.0 Å². The molecule has 4 nitrogen and oxygen atoms in total. The number of hydrogen-bond acceptors (Lipinski definition) is 4. The number of benzene rings is 2. The van der Waals surface area contributed by atoms with E-state index in [1.54, 1.807) is 24.3 Å². The normalized spacial score (nSPS) is 23.2. The van der Waals surface area contributed by atoms with E-state index in [1.165, 1.54) is 0 Å². The van der Waals surface area contributed by atoms with E-state index < -0.39 is 0 Å². The Morgan fingerprint density at radius 1 is 0.750 bits per heavy atom. The summed E-state index contributed by atoms with van der Waals surface area (Å²) in [4.78, 5) is 0. The summed E-state index contributed by atoms with van der Waals surface area (Å²) in [6, 6.07) is 16.8. The second kappa shape index (κ2) is 4.63. The van der Waals surface area contributed by atoms with Gasteiger partial charge in [0.05, 0.1) is 0 Å². The maximum Gasteiger partial charge on any atom is 0.173 e. The van der Waals surface area contributed by atoms with Crippen LogP contribution >= 0.6 is 0 Å². The third-order valence-electron chi connectivity index (χ3n) is 3.35. The minimum atomic E-state index is -0.192. The summed E-state index contributed by atoms with van der Waals surface area (Å²) in [6.45, 7) is 0.875. The monoisotopic (exact) mass is 268 g/mol. The van der Waals surface area contributed by atoms with Crippen LogP contribution in [0.1, 0.15) is 0 Å². The van der Waals surface area contributed by atoms with Crippen molar-refractivity contribution in [3.05, 3.63) is 48.5 Å². The van der Waals surface area contributed by atoms with Crippen molar-refractivity contribution >= 4 is 0 Å². The van der Waals surface area contributed by atoms with Crippen LogP contribution in [-0.4, -0.2) is 25.4 Å². The van der Waals surface area contributed by atoms with E-state index in [0.717, 1.165) is 23.0 Å². The van der Waals surface area contributed by atoms with Gasteiger partial charge in [0.1, 0.15) is 13.2 Å². The van der Waals surface area contributed by atoms with Crippen LogP contribution in [0.2, 0.25) is 0 Å². The van der Waals surface area contributed by atoms with E-state index in [-0.39, 0.29) is 12.2 Å². The first kappa shape index (κ1) is 11.5. The Morgan fingerprint density at radius 2 is 1.25 bits per heavy atom. The zero-order chi connectivity index (χ0) is 13.4. The van der Waals surface area contributed by atoms with Crippen molar-refractivity contribution < 1.29 is 18.9 Å². The molecule has 100 valence electrons. The lowest BCUT2D eigenvalue weighted by Gasteiger charge is -2.34. The van der Waals surface area contributed by atoms with Crippen molar-refractivity contribution in [3.63, 3.8) is 0 Å². The van der Waals surface area contributed by atoms with Crippen molar-refractivity contribution in [2.45, 2.75) is 12.2 Å². The predicted octanol–water partition coefficient (Wildman–Crippen LogP) is 2.27. The molecule has 2 heterocycles. The van der Waals surface area contributed by atoms with E-state index in [9.17, 15) is 0 Å². The predicted molar refractivity (Wildman–Crippen MR) is 70.4 cm³/mol. The molecule has 0 saturated carbocycles. The van der Waals surface area contributed by atoms with Gasteiger partial charge in [0.15, 0.2) is 35.2 Å². The molecule has 2 unspecified atom stereocenters. The van der Waals surface area contributed by atoms with Crippen molar-refractivity contribution in [1.82, 2.24) is 0 Å². The van der Waals surface area contributed by atoms with Gasteiger partial charge >= 0.3 is 0 Å².